The Hall–Kier alpha value is -2.45. The number of aromatic carboxylic acids is 1. The van der Waals surface area contributed by atoms with Gasteiger partial charge in [-0.2, -0.15) is 0 Å². The number of carbonyl (C=O) groups is 1. The summed E-state index contributed by atoms with van der Waals surface area (Å²) in [5, 5.41) is 19.6. The highest BCUT2D eigenvalue weighted by Gasteiger charge is 2.21. The van der Waals surface area contributed by atoms with E-state index < -0.39 is 26.5 Å². The Labute approximate surface area is 136 Å². The van der Waals surface area contributed by atoms with Gasteiger partial charge in [-0.15, -0.1) is 0 Å². The number of nitro groups is 1. The van der Waals surface area contributed by atoms with Gasteiger partial charge in [0, 0.05) is 12.1 Å². The first-order valence-corrected chi connectivity index (χ1v) is 8.22. The molecule has 23 heavy (non-hydrogen) atoms. The number of nitrogens with zero attached hydrogens (tertiary/aromatic N) is 1. The van der Waals surface area contributed by atoms with Crippen molar-refractivity contribution < 1.29 is 23.2 Å². The van der Waals surface area contributed by atoms with Crippen molar-refractivity contribution in [2.45, 2.75) is 10.6 Å². The summed E-state index contributed by atoms with van der Waals surface area (Å²) >= 11 is 5.85. The molecule has 2 aromatic rings. The van der Waals surface area contributed by atoms with Crippen molar-refractivity contribution in [3.8, 4) is 0 Å². The number of sulfone groups is 1. The number of non-ortho nitro benzene ring substituents is 1. The molecule has 2 rings (SSSR count). The Balaban J connectivity index is 2.43. The van der Waals surface area contributed by atoms with E-state index in [1.165, 1.54) is 30.3 Å². The van der Waals surface area contributed by atoms with E-state index in [2.05, 4.69) is 0 Å². The van der Waals surface area contributed by atoms with Crippen LogP contribution in [-0.4, -0.2) is 24.4 Å². The maximum Gasteiger partial charge on any atom is 0.335 e. The number of rotatable bonds is 5. The smallest absolute Gasteiger partial charge is 0.335 e. The van der Waals surface area contributed by atoms with Crippen LogP contribution >= 0.6 is 11.6 Å². The molecule has 0 aliphatic carbocycles. The van der Waals surface area contributed by atoms with Crippen molar-refractivity contribution in [2.24, 2.45) is 0 Å². The van der Waals surface area contributed by atoms with Crippen molar-refractivity contribution >= 4 is 33.1 Å². The minimum Gasteiger partial charge on any atom is -0.478 e. The predicted octanol–water partition coefficient (Wildman–Crippen LogP) is 2.92. The normalized spacial score (nSPS) is 11.2. The lowest BCUT2D eigenvalue weighted by molar-refractivity contribution is -0.384. The van der Waals surface area contributed by atoms with Crippen molar-refractivity contribution in [2.75, 3.05) is 0 Å². The number of halogens is 1. The van der Waals surface area contributed by atoms with E-state index >= 15 is 0 Å². The minimum absolute atomic E-state index is 0.111. The molecule has 0 saturated heterocycles. The minimum atomic E-state index is -3.96. The Bertz CT molecular complexity index is 894. The summed E-state index contributed by atoms with van der Waals surface area (Å²) in [6, 6.07) is 8.54. The van der Waals surface area contributed by atoms with E-state index in [4.69, 9.17) is 16.7 Å². The molecule has 1 N–H and O–H groups in total. The highest BCUT2D eigenvalue weighted by Crippen LogP contribution is 2.27. The van der Waals surface area contributed by atoms with Gasteiger partial charge in [-0.3, -0.25) is 10.1 Å². The molecule has 0 amide bonds. The van der Waals surface area contributed by atoms with Crippen LogP contribution in [0.15, 0.2) is 47.4 Å². The molecular weight excluding hydrogens is 346 g/mol. The monoisotopic (exact) mass is 355 g/mol. The lowest BCUT2D eigenvalue weighted by Gasteiger charge is -2.08. The van der Waals surface area contributed by atoms with E-state index in [0.29, 0.717) is 0 Å². The Kier molecular flexibility index (Phi) is 4.67. The van der Waals surface area contributed by atoms with E-state index in [1.54, 1.807) is 0 Å². The zero-order valence-corrected chi connectivity index (χ0v) is 13.0. The molecule has 0 saturated carbocycles. The van der Waals surface area contributed by atoms with Crippen molar-refractivity contribution in [3.05, 3.63) is 68.7 Å². The van der Waals surface area contributed by atoms with E-state index in [0.717, 1.165) is 12.1 Å². The fourth-order valence-corrected chi connectivity index (χ4v) is 3.85. The van der Waals surface area contributed by atoms with Crippen LogP contribution in [-0.2, 0) is 15.6 Å². The van der Waals surface area contributed by atoms with E-state index in [-0.39, 0.29) is 26.7 Å². The number of benzene rings is 2. The third-order valence-corrected chi connectivity index (χ3v) is 5.15. The summed E-state index contributed by atoms with van der Waals surface area (Å²) in [6.07, 6.45) is 0. The van der Waals surface area contributed by atoms with Gasteiger partial charge in [0.1, 0.15) is 0 Å². The standard InChI is InChI=1S/C14H10ClNO6S/c15-12-5-4-10(14(17)18)7-13(12)23(21,22)8-9-2-1-3-11(6-9)16(19)20/h1-7H,8H2,(H,17,18). The van der Waals surface area contributed by atoms with Crippen LogP contribution in [0.25, 0.3) is 0 Å². The second-order valence-corrected chi connectivity index (χ2v) is 7.00. The summed E-state index contributed by atoms with van der Waals surface area (Å²) in [4.78, 5) is 20.7. The largest absolute Gasteiger partial charge is 0.478 e. The average Bonchev–Trinajstić information content (AvgIpc) is 2.47. The van der Waals surface area contributed by atoms with Crippen molar-refractivity contribution in [3.63, 3.8) is 0 Å². The molecule has 9 heteroatoms. The summed E-state index contributed by atoms with van der Waals surface area (Å²) in [5.74, 6) is -1.81. The number of carboxylic acids is 1. The van der Waals surface area contributed by atoms with Crippen LogP contribution in [0.3, 0.4) is 0 Å². The second-order valence-electron chi connectivity index (χ2n) is 4.64. The first-order valence-electron chi connectivity index (χ1n) is 6.19. The lowest BCUT2D eigenvalue weighted by atomic mass is 10.2. The molecule has 0 spiro atoms. The molecule has 120 valence electrons. The van der Waals surface area contributed by atoms with Crippen LogP contribution in [0.1, 0.15) is 15.9 Å². The van der Waals surface area contributed by atoms with Gasteiger partial charge in [0.05, 0.1) is 26.2 Å². The first-order chi connectivity index (χ1) is 10.7. The Morgan fingerprint density at radius 3 is 2.52 bits per heavy atom. The highest BCUT2D eigenvalue weighted by molar-refractivity contribution is 7.90. The van der Waals surface area contributed by atoms with E-state index in [9.17, 15) is 23.3 Å². The van der Waals surface area contributed by atoms with Crippen LogP contribution in [0.5, 0.6) is 0 Å². The number of hydrogen-bond donors (Lipinski definition) is 1. The SMILES string of the molecule is O=C(O)c1ccc(Cl)c(S(=O)(=O)Cc2cccc([N+](=O)[O-])c2)c1. The Morgan fingerprint density at radius 2 is 1.91 bits per heavy atom. The molecule has 0 aromatic heterocycles. The average molecular weight is 356 g/mol. The maximum absolute atomic E-state index is 12.4. The van der Waals surface area contributed by atoms with Gasteiger partial charge in [0.2, 0.25) is 0 Å². The van der Waals surface area contributed by atoms with Gasteiger partial charge >= 0.3 is 5.97 Å². The topological polar surface area (TPSA) is 115 Å². The zero-order chi connectivity index (χ0) is 17.2. The molecule has 2 aromatic carbocycles. The summed E-state index contributed by atoms with van der Waals surface area (Å²) in [6.45, 7) is 0. The molecule has 0 atom stereocenters. The predicted molar refractivity (Wildman–Crippen MR) is 82.4 cm³/mol. The third-order valence-electron chi connectivity index (χ3n) is 2.99. The van der Waals surface area contributed by atoms with Crippen LogP contribution in [0.2, 0.25) is 5.02 Å². The lowest BCUT2D eigenvalue weighted by Crippen LogP contribution is -2.08. The second kappa shape index (κ2) is 6.35. The van der Waals surface area contributed by atoms with Gasteiger partial charge in [0.15, 0.2) is 9.84 Å². The molecule has 0 fully saturated rings. The molecule has 0 aliphatic rings. The van der Waals surface area contributed by atoms with Crippen LogP contribution in [0, 0.1) is 10.1 Å². The van der Waals surface area contributed by atoms with Crippen LogP contribution < -0.4 is 0 Å². The molecular formula is C14H10ClNO6S. The quantitative estimate of drug-likeness (QED) is 0.651. The molecule has 7 nitrogen and oxygen atoms in total. The zero-order valence-electron chi connectivity index (χ0n) is 11.5. The summed E-state index contributed by atoms with van der Waals surface area (Å²) in [7, 11) is -3.96. The number of hydrogen-bond acceptors (Lipinski definition) is 5. The first kappa shape index (κ1) is 16.9. The van der Waals surface area contributed by atoms with Gasteiger partial charge in [-0.25, -0.2) is 13.2 Å². The van der Waals surface area contributed by atoms with Gasteiger partial charge < -0.3 is 5.11 Å². The van der Waals surface area contributed by atoms with Gasteiger partial charge in [-0.05, 0) is 23.8 Å². The summed E-state index contributed by atoms with van der Waals surface area (Å²) < 4.78 is 24.9. The molecule has 0 radical (unpaired) electrons. The summed E-state index contributed by atoms with van der Waals surface area (Å²) in [5.41, 5.74) is -0.244. The Morgan fingerprint density at radius 1 is 1.22 bits per heavy atom. The molecule has 0 bridgehead atoms. The molecule has 0 heterocycles. The van der Waals surface area contributed by atoms with Gasteiger partial charge in [0.25, 0.3) is 5.69 Å². The van der Waals surface area contributed by atoms with E-state index in [1.807, 2.05) is 0 Å². The van der Waals surface area contributed by atoms with Crippen molar-refractivity contribution in [1.29, 1.82) is 0 Å². The number of carboxylic acid groups (broad SMARTS) is 1. The fourth-order valence-electron chi connectivity index (χ4n) is 1.93. The van der Waals surface area contributed by atoms with Crippen LogP contribution in [0.4, 0.5) is 5.69 Å². The maximum atomic E-state index is 12.4. The molecule has 0 aliphatic heterocycles. The highest BCUT2D eigenvalue weighted by atomic mass is 35.5. The van der Waals surface area contributed by atoms with Crippen molar-refractivity contribution in [1.82, 2.24) is 0 Å². The fraction of sp³-hybridized carbons (Fsp3) is 0.0714. The van der Waals surface area contributed by atoms with Gasteiger partial charge in [-0.1, -0.05) is 23.7 Å². The third kappa shape index (κ3) is 3.85. The number of nitro benzene ring substituents is 1. The molecule has 0 unspecified atom stereocenters.